The zero-order valence-electron chi connectivity index (χ0n) is 32.0. The topological polar surface area (TPSA) is 15.7 Å². The fraction of sp³-hybridized carbons (Fsp3) is 0.0182. The molecular formula is C55H36N2OS. The first-order valence-electron chi connectivity index (χ1n) is 20.1. The van der Waals surface area contributed by atoms with Gasteiger partial charge in [-0.3, -0.25) is 0 Å². The van der Waals surface area contributed by atoms with E-state index in [1.807, 2.05) is 11.3 Å². The minimum Gasteiger partial charge on any atom is -0.457 e. The van der Waals surface area contributed by atoms with E-state index in [4.69, 9.17) is 4.74 Å². The third-order valence-corrected chi connectivity index (χ3v) is 13.2. The molecule has 10 aromatic rings. The summed E-state index contributed by atoms with van der Waals surface area (Å²) in [5.74, 6) is 1.76. The molecule has 0 radical (unpaired) electrons. The smallest absolute Gasteiger partial charge is 0.132 e. The summed E-state index contributed by atoms with van der Waals surface area (Å²) >= 11 is 1.85. The van der Waals surface area contributed by atoms with Crippen LogP contribution in [0, 0.1) is 0 Å². The second kappa shape index (κ2) is 13.3. The Balaban J connectivity index is 1.11. The summed E-state index contributed by atoms with van der Waals surface area (Å²) in [5.41, 5.74) is 13.2. The van der Waals surface area contributed by atoms with Gasteiger partial charge in [-0.15, -0.1) is 11.3 Å². The Morgan fingerprint density at radius 1 is 0.322 bits per heavy atom. The molecule has 0 saturated heterocycles. The van der Waals surface area contributed by atoms with Crippen LogP contribution in [0.3, 0.4) is 0 Å². The highest BCUT2D eigenvalue weighted by atomic mass is 32.1. The van der Waals surface area contributed by atoms with Crippen LogP contribution in [0.1, 0.15) is 22.3 Å². The minimum atomic E-state index is -0.576. The molecule has 0 saturated carbocycles. The van der Waals surface area contributed by atoms with Gasteiger partial charge in [0.05, 0.1) is 5.41 Å². The van der Waals surface area contributed by atoms with E-state index in [-0.39, 0.29) is 0 Å². The van der Waals surface area contributed by atoms with E-state index in [1.54, 1.807) is 0 Å². The fourth-order valence-electron chi connectivity index (χ4n) is 9.66. The number of hydrogen-bond donors (Lipinski definition) is 0. The first-order chi connectivity index (χ1) is 29.3. The van der Waals surface area contributed by atoms with Crippen LogP contribution in [0.25, 0.3) is 31.3 Å². The Morgan fingerprint density at radius 2 is 0.814 bits per heavy atom. The lowest BCUT2D eigenvalue weighted by Crippen LogP contribution is -2.32. The van der Waals surface area contributed by atoms with Crippen LogP contribution in [0.2, 0.25) is 0 Å². The first kappa shape index (κ1) is 33.7. The lowest BCUT2D eigenvalue weighted by Gasteiger charge is -2.40. The summed E-state index contributed by atoms with van der Waals surface area (Å²) in [6.07, 6.45) is 0. The van der Waals surface area contributed by atoms with E-state index < -0.39 is 5.41 Å². The van der Waals surface area contributed by atoms with Crippen molar-refractivity contribution in [2.24, 2.45) is 0 Å². The van der Waals surface area contributed by atoms with Crippen molar-refractivity contribution >= 4 is 65.6 Å². The molecule has 1 aliphatic carbocycles. The number of nitrogens with zero attached hydrogens (tertiary/aromatic N) is 2. The molecule has 0 amide bonds. The summed E-state index contributed by atoms with van der Waals surface area (Å²) in [4.78, 5) is 4.75. The van der Waals surface area contributed by atoms with Crippen LogP contribution in [-0.2, 0) is 5.41 Å². The van der Waals surface area contributed by atoms with Gasteiger partial charge in [-0.2, -0.15) is 0 Å². The normalized spacial score (nSPS) is 13.0. The summed E-state index contributed by atoms with van der Waals surface area (Å²) in [6, 6.07) is 79.0. The number of hydrogen-bond acceptors (Lipinski definition) is 4. The van der Waals surface area contributed by atoms with Gasteiger partial charge in [-0.25, -0.2) is 0 Å². The number of rotatable bonds is 6. The van der Waals surface area contributed by atoms with Gasteiger partial charge in [-0.05, 0) is 107 Å². The molecule has 12 rings (SSSR count). The number of thiophene rings is 1. The Kier molecular flexibility index (Phi) is 7.62. The number of benzene rings is 9. The zero-order chi connectivity index (χ0) is 38.9. The van der Waals surface area contributed by atoms with Crippen LogP contribution >= 0.6 is 11.3 Å². The number of fused-ring (bicyclic) bond motifs is 12. The van der Waals surface area contributed by atoms with Gasteiger partial charge < -0.3 is 14.5 Å². The molecule has 1 aliphatic heterocycles. The third-order valence-electron chi connectivity index (χ3n) is 12.1. The molecule has 1 spiro atoms. The van der Waals surface area contributed by atoms with E-state index in [2.05, 4.69) is 228 Å². The van der Waals surface area contributed by atoms with E-state index in [0.717, 1.165) is 56.8 Å². The molecule has 2 heterocycles. The van der Waals surface area contributed by atoms with Crippen LogP contribution in [0.4, 0.5) is 34.1 Å². The molecule has 9 aromatic carbocycles. The fourth-order valence-corrected chi connectivity index (χ4v) is 10.8. The van der Waals surface area contributed by atoms with Crippen molar-refractivity contribution in [3.63, 3.8) is 0 Å². The minimum absolute atomic E-state index is 0.576. The number of ether oxygens (including phenoxy) is 1. The molecule has 0 fully saturated rings. The maximum Gasteiger partial charge on any atom is 0.132 e. The van der Waals surface area contributed by atoms with Crippen LogP contribution in [0.5, 0.6) is 11.5 Å². The molecule has 2 aliphatic rings. The number of para-hydroxylation sites is 3. The standard InChI is InChI=1S/C55H36N2OS/c1-3-16-37(17-4-1)56(38-18-5-2-6-19-38)39-20-15-21-40(34-39)57(42-30-32-46-45-24-9-14-29-53(45)59-54(46)36-42)41-31-33-52-50(35-41)55(49-27-12-13-28-51(49)58-52)47-25-10-7-22-43(47)44-23-8-11-26-48(44)55/h1-36H. The maximum absolute atomic E-state index is 6.86. The average Bonchev–Trinajstić information content (AvgIpc) is 3.81. The lowest BCUT2D eigenvalue weighted by molar-refractivity contribution is 0.436. The first-order valence-corrected chi connectivity index (χ1v) is 20.9. The third kappa shape index (κ3) is 5.13. The number of anilines is 6. The lowest BCUT2D eigenvalue weighted by atomic mass is 9.66. The Labute approximate surface area is 347 Å². The van der Waals surface area contributed by atoms with E-state index >= 15 is 0 Å². The van der Waals surface area contributed by atoms with Crippen molar-refractivity contribution in [3.8, 4) is 22.6 Å². The molecule has 0 atom stereocenters. The molecule has 0 unspecified atom stereocenters. The Bertz CT molecular complexity index is 3140. The van der Waals surface area contributed by atoms with Gasteiger partial charge in [0.25, 0.3) is 0 Å². The summed E-state index contributed by atoms with van der Waals surface area (Å²) in [5, 5.41) is 2.56. The highest BCUT2D eigenvalue weighted by Crippen LogP contribution is 2.62. The van der Waals surface area contributed by atoms with Crippen molar-refractivity contribution in [1.29, 1.82) is 0 Å². The molecule has 3 nitrogen and oxygen atoms in total. The van der Waals surface area contributed by atoms with Gasteiger partial charge in [0, 0.05) is 65.4 Å². The van der Waals surface area contributed by atoms with Crippen molar-refractivity contribution in [1.82, 2.24) is 0 Å². The van der Waals surface area contributed by atoms with Gasteiger partial charge in [0.2, 0.25) is 0 Å². The SMILES string of the molecule is c1ccc(N(c2ccccc2)c2cccc(N(c3ccc4c(c3)C3(c5ccccc5O4)c4ccccc4-c4ccccc43)c3ccc4c(c3)sc3ccccc34)c2)cc1. The highest BCUT2D eigenvalue weighted by molar-refractivity contribution is 7.25. The molecule has 1 aromatic heterocycles. The Morgan fingerprint density at radius 3 is 1.53 bits per heavy atom. The van der Waals surface area contributed by atoms with Gasteiger partial charge >= 0.3 is 0 Å². The zero-order valence-corrected chi connectivity index (χ0v) is 32.8. The largest absolute Gasteiger partial charge is 0.457 e. The van der Waals surface area contributed by atoms with Crippen LogP contribution < -0.4 is 14.5 Å². The molecule has 278 valence electrons. The second-order valence-corrected chi connectivity index (χ2v) is 16.3. The Hall–Kier alpha value is -7.40. The van der Waals surface area contributed by atoms with E-state index in [0.29, 0.717) is 0 Å². The molecule has 0 bridgehead atoms. The van der Waals surface area contributed by atoms with Crippen molar-refractivity contribution in [3.05, 3.63) is 241 Å². The molecular weight excluding hydrogens is 737 g/mol. The van der Waals surface area contributed by atoms with Gasteiger partial charge in [0.15, 0.2) is 0 Å². The molecule has 4 heteroatoms. The highest BCUT2D eigenvalue weighted by Gasteiger charge is 2.51. The maximum atomic E-state index is 6.86. The second-order valence-electron chi connectivity index (χ2n) is 15.3. The average molecular weight is 773 g/mol. The van der Waals surface area contributed by atoms with Crippen LogP contribution in [0.15, 0.2) is 218 Å². The molecule has 0 N–H and O–H groups in total. The summed E-state index contributed by atoms with van der Waals surface area (Å²) in [6.45, 7) is 0. The van der Waals surface area contributed by atoms with Crippen LogP contribution in [-0.4, -0.2) is 0 Å². The summed E-state index contributed by atoms with van der Waals surface area (Å²) < 4.78 is 9.40. The van der Waals surface area contributed by atoms with E-state index in [9.17, 15) is 0 Å². The predicted molar refractivity (Wildman–Crippen MR) is 246 cm³/mol. The van der Waals surface area contributed by atoms with Crippen molar-refractivity contribution in [2.75, 3.05) is 9.80 Å². The van der Waals surface area contributed by atoms with E-state index in [1.165, 1.54) is 42.4 Å². The van der Waals surface area contributed by atoms with Crippen molar-refractivity contribution in [2.45, 2.75) is 5.41 Å². The molecule has 59 heavy (non-hydrogen) atoms. The van der Waals surface area contributed by atoms with Gasteiger partial charge in [0.1, 0.15) is 11.5 Å². The van der Waals surface area contributed by atoms with Gasteiger partial charge in [-0.1, -0.05) is 133 Å². The summed E-state index contributed by atoms with van der Waals surface area (Å²) in [7, 11) is 0. The predicted octanol–water partition coefficient (Wildman–Crippen LogP) is 15.5. The van der Waals surface area contributed by atoms with Crippen molar-refractivity contribution < 1.29 is 4.74 Å². The monoisotopic (exact) mass is 772 g/mol. The quantitative estimate of drug-likeness (QED) is 0.167.